The molecule has 0 unspecified atom stereocenters. The fourth-order valence-electron chi connectivity index (χ4n) is 1.88. The molecule has 0 saturated heterocycles. The molecule has 0 aliphatic rings. The first-order chi connectivity index (χ1) is 7.55. The van der Waals surface area contributed by atoms with Gasteiger partial charge >= 0.3 is 0 Å². The fourth-order valence-corrected chi connectivity index (χ4v) is 1.88. The van der Waals surface area contributed by atoms with Gasteiger partial charge in [-0.25, -0.2) is 0 Å². The Hall–Kier alpha value is -1.22. The van der Waals surface area contributed by atoms with Crippen LogP contribution in [0.25, 0.3) is 0 Å². The summed E-state index contributed by atoms with van der Waals surface area (Å²) in [6.45, 7) is 5.25. The molecule has 16 heavy (non-hydrogen) atoms. The second kappa shape index (κ2) is 5.21. The molecule has 1 aromatic carbocycles. The van der Waals surface area contributed by atoms with Gasteiger partial charge in [-0.05, 0) is 25.2 Å². The van der Waals surface area contributed by atoms with E-state index in [1.165, 1.54) is 0 Å². The van der Waals surface area contributed by atoms with E-state index in [1.54, 1.807) is 14.2 Å². The van der Waals surface area contributed by atoms with Crippen molar-refractivity contribution in [3.05, 3.63) is 23.8 Å². The Morgan fingerprint density at radius 2 is 1.88 bits per heavy atom. The minimum Gasteiger partial charge on any atom is -0.497 e. The van der Waals surface area contributed by atoms with Gasteiger partial charge in [0.15, 0.2) is 0 Å². The zero-order valence-corrected chi connectivity index (χ0v) is 10.8. The average molecular weight is 223 g/mol. The highest BCUT2D eigenvalue weighted by molar-refractivity contribution is 5.44. The molecule has 0 aromatic heterocycles. The summed E-state index contributed by atoms with van der Waals surface area (Å²) < 4.78 is 10.6. The van der Waals surface area contributed by atoms with Crippen LogP contribution in [-0.4, -0.2) is 27.8 Å². The van der Waals surface area contributed by atoms with Gasteiger partial charge in [0.05, 0.1) is 14.2 Å². The first-order valence-electron chi connectivity index (χ1n) is 5.42. The lowest BCUT2D eigenvalue weighted by Crippen LogP contribution is -2.31. The summed E-state index contributed by atoms with van der Waals surface area (Å²) in [6, 6.07) is 5.90. The Morgan fingerprint density at radius 3 is 2.38 bits per heavy atom. The lowest BCUT2D eigenvalue weighted by molar-refractivity contribution is 0.380. The third-order valence-corrected chi connectivity index (χ3v) is 2.75. The molecule has 1 rings (SSSR count). The topological polar surface area (TPSA) is 30.5 Å². The Kier molecular flexibility index (Phi) is 4.19. The average Bonchev–Trinajstić information content (AvgIpc) is 2.28. The lowest BCUT2D eigenvalue weighted by Gasteiger charge is -2.27. The van der Waals surface area contributed by atoms with E-state index in [4.69, 9.17) is 9.47 Å². The molecule has 1 N–H and O–H groups in total. The van der Waals surface area contributed by atoms with Gasteiger partial charge in [0.1, 0.15) is 11.5 Å². The Balaban J connectivity index is 3.17. The standard InChI is InChI=1S/C13H21NO2/c1-13(2,9-14-3)11-8-10(15-4)6-7-12(11)16-5/h6-8,14H,9H2,1-5H3. The minimum atomic E-state index is 0.00856. The van der Waals surface area contributed by atoms with Crippen molar-refractivity contribution in [2.45, 2.75) is 19.3 Å². The largest absolute Gasteiger partial charge is 0.497 e. The number of ether oxygens (including phenoxy) is 2. The Bertz CT molecular complexity index is 348. The molecule has 0 aliphatic heterocycles. The van der Waals surface area contributed by atoms with Gasteiger partial charge in [-0.2, -0.15) is 0 Å². The van der Waals surface area contributed by atoms with Crippen molar-refractivity contribution >= 4 is 0 Å². The van der Waals surface area contributed by atoms with E-state index in [-0.39, 0.29) is 5.41 Å². The van der Waals surface area contributed by atoms with Crippen LogP contribution in [0.15, 0.2) is 18.2 Å². The molecule has 3 nitrogen and oxygen atoms in total. The molecule has 3 heteroatoms. The van der Waals surface area contributed by atoms with Crippen molar-refractivity contribution < 1.29 is 9.47 Å². The summed E-state index contributed by atoms with van der Waals surface area (Å²) >= 11 is 0. The molecule has 90 valence electrons. The molecule has 0 aliphatic carbocycles. The third-order valence-electron chi connectivity index (χ3n) is 2.75. The van der Waals surface area contributed by atoms with Gasteiger partial charge in [0.25, 0.3) is 0 Å². The molecule has 0 atom stereocenters. The summed E-state index contributed by atoms with van der Waals surface area (Å²) in [5, 5.41) is 3.20. The van der Waals surface area contributed by atoms with Gasteiger partial charge in [-0.3, -0.25) is 0 Å². The number of rotatable bonds is 5. The third kappa shape index (κ3) is 2.67. The van der Waals surface area contributed by atoms with E-state index in [0.29, 0.717) is 0 Å². The summed E-state index contributed by atoms with van der Waals surface area (Å²) in [4.78, 5) is 0. The van der Waals surface area contributed by atoms with E-state index in [0.717, 1.165) is 23.6 Å². The second-order valence-electron chi connectivity index (χ2n) is 4.48. The molecule has 0 saturated carbocycles. The second-order valence-corrected chi connectivity index (χ2v) is 4.48. The maximum absolute atomic E-state index is 5.39. The number of hydrogen-bond acceptors (Lipinski definition) is 3. The molecule has 0 heterocycles. The maximum atomic E-state index is 5.39. The highest BCUT2D eigenvalue weighted by atomic mass is 16.5. The predicted octanol–water partition coefficient (Wildman–Crippen LogP) is 2.20. The quantitative estimate of drug-likeness (QED) is 0.830. The van der Waals surface area contributed by atoms with Gasteiger partial charge in [-0.15, -0.1) is 0 Å². The van der Waals surface area contributed by atoms with Crippen LogP contribution in [-0.2, 0) is 5.41 Å². The van der Waals surface area contributed by atoms with Crippen LogP contribution in [0.1, 0.15) is 19.4 Å². The van der Waals surface area contributed by atoms with Crippen molar-refractivity contribution in [2.75, 3.05) is 27.8 Å². The van der Waals surface area contributed by atoms with Crippen molar-refractivity contribution in [1.82, 2.24) is 5.32 Å². The van der Waals surface area contributed by atoms with Crippen LogP contribution in [0.4, 0.5) is 0 Å². The lowest BCUT2D eigenvalue weighted by atomic mass is 9.84. The van der Waals surface area contributed by atoms with Crippen LogP contribution in [0.3, 0.4) is 0 Å². The highest BCUT2D eigenvalue weighted by Crippen LogP contribution is 2.34. The summed E-state index contributed by atoms with van der Waals surface area (Å²) in [5.74, 6) is 1.76. The minimum absolute atomic E-state index is 0.00856. The van der Waals surface area contributed by atoms with E-state index < -0.39 is 0 Å². The normalized spacial score (nSPS) is 11.3. The van der Waals surface area contributed by atoms with Gasteiger partial charge in [0, 0.05) is 17.5 Å². The van der Waals surface area contributed by atoms with E-state index in [9.17, 15) is 0 Å². The smallest absolute Gasteiger partial charge is 0.122 e. The van der Waals surface area contributed by atoms with Crippen molar-refractivity contribution in [3.63, 3.8) is 0 Å². The van der Waals surface area contributed by atoms with Crippen molar-refractivity contribution in [3.8, 4) is 11.5 Å². The van der Waals surface area contributed by atoms with Gasteiger partial charge in [0.2, 0.25) is 0 Å². The highest BCUT2D eigenvalue weighted by Gasteiger charge is 2.24. The van der Waals surface area contributed by atoms with Crippen LogP contribution >= 0.6 is 0 Å². The summed E-state index contributed by atoms with van der Waals surface area (Å²) in [6.07, 6.45) is 0. The first-order valence-corrected chi connectivity index (χ1v) is 5.42. The summed E-state index contributed by atoms with van der Waals surface area (Å²) in [5.41, 5.74) is 1.16. The summed E-state index contributed by atoms with van der Waals surface area (Å²) in [7, 11) is 5.33. The van der Waals surface area contributed by atoms with E-state index in [1.807, 2.05) is 25.2 Å². The molecule has 0 bridgehead atoms. The van der Waals surface area contributed by atoms with E-state index >= 15 is 0 Å². The van der Waals surface area contributed by atoms with E-state index in [2.05, 4.69) is 19.2 Å². The number of likely N-dealkylation sites (N-methyl/N-ethyl adjacent to an activating group) is 1. The van der Waals surface area contributed by atoms with Crippen molar-refractivity contribution in [1.29, 1.82) is 0 Å². The number of nitrogens with one attached hydrogen (secondary N) is 1. The van der Waals surface area contributed by atoms with Gasteiger partial charge in [-0.1, -0.05) is 13.8 Å². The molecule has 0 amide bonds. The van der Waals surface area contributed by atoms with Crippen LogP contribution in [0, 0.1) is 0 Å². The van der Waals surface area contributed by atoms with Crippen molar-refractivity contribution in [2.24, 2.45) is 0 Å². The molecular formula is C13H21NO2. The fraction of sp³-hybridized carbons (Fsp3) is 0.538. The maximum Gasteiger partial charge on any atom is 0.122 e. The molecule has 0 radical (unpaired) electrons. The SMILES string of the molecule is CNCC(C)(C)c1cc(OC)ccc1OC. The van der Waals surface area contributed by atoms with Crippen LogP contribution in [0.2, 0.25) is 0 Å². The zero-order valence-electron chi connectivity index (χ0n) is 10.8. The monoisotopic (exact) mass is 223 g/mol. The number of methoxy groups -OCH3 is 2. The van der Waals surface area contributed by atoms with Crippen LogP contribution < -0.4 is 14.8 Å². The number of hydrogen-bond donors (Lipinski definition) is 1. The molecule has 0 fully saturated rings. The Morgan fingerprint density at radius 1 is 1.19 bits per heavy atom. The molecule has 1 aromatic rings. The predicted molar refractivity (Wildman–Crippen MR) is 66.5 cm³/mol. The molecule has 0 spiro atoms. The molecular weight excluding hydrogens is 202 g/mol. The first kappa shape index (κ1) is 12.8. The van der Waals surface area contributed by atoms with Gasteiger partial charge < -0.3 is 14.8 Å². The zero-order chi connectivity index (χ0) is 12.2. The number of benzene rings is 1. The van der Waals surface area contributed by atoms with Crippen LogP contribution in [0.5, 0.6) is 11.5 Å². The Labute approximate surface area is 97.8 Å².